The Kier molecular flexibility index (Phi) is 4.11. The van der Waals surface area contributed by atoms with E-state index in [2.05, 4.69) is 28.8 Å². The summed E-state index contributed by atoms with van der Waals surface area (Å²) in [5, 5.41) is 7.66. The number of hydrogen-bond donors (Lipinski definition) is 2. The number of nitrogens with two attached hydrogens (primary N) is 1. The molecule has 0 aliphatic heterocycles. The van der Waals surface area contributed by atoms with Crippen molar-refractivity contribution >= 4 is 40.5 Å². The summed E-state index contributed by atoms with van der Waals surface area (Å²) in [5.74, 6) is 0.821. The zero-order chi connectivity index (χ0) is 14.0. The quantitative estimate of drug-likeness (QED) is 0.670. The van der Waals surface area contributed by atoms with E-state index in [4.69, 9.17) is 18.0 Å². The predicted octanol–water partition coefficient (Wildman–Crippen LogP) is 2.83. The van der Waals surface area contributed by atoms with Crippen LogP contribution in [-0.4, -0.2) is 21.0 Å². The minimum Gasteiger partial charge on any atom is -0.389 e. The van der Waals surface area contributed by atoms with Gasteiger partial charge in [-0.25, -0.2) is 0 Å². The minimum atomic E-state index is 0.355. The van der Waals surface area contributed by atoms with Crippen molar-refractivity contribution in [2.24, 2.45) is 12.8 Å². The molecule has 0 bridgehead atoms. The van der Waals surface area contributed by atoms with E-state index in [-0.39, 0.29) is 0 Å². The van der Waals surface area contributed by atoms with Gasteiger partial charge in [0.2, 0.25) is 0 Å². The van der Waals surface area contributed by atoms with E-state index in [1.165, 1.54) is 4.90 Å². The van der Waals surface area contributed by atoms with E-state index in [1.54, 1.807) is 16.4 Å². The second kappa shape index (κ2) is 5.63. The molecule has 4 nitrogen and oxygen atoms in total. The first-order valence-electron chi connectivity index (χ1n) is 5.77. The van der Waals surface area contributed by atoms with Crippen LogP contribution in [0, 0.1) is 6.92 Å². The Hall–Kier alpha value is -1.53. The van der Waals surface area contributed by atoms with Gasteiger partial charge in [-0.15, -0.1) is 11.8 Å². The maximum atomic E-state index is 5.76. The number of thioether (sulfide) groups is 1. The Morgan fingerprint density at radius 2 is 2.00 bits per heavy atom. The van der Waals surface area contributed by atoms with Crippen molar-refractivity contribution in [3.05, 3.63) is 35.5 Å². The van der Waals surface area contributed by atoms with Gasteiger partial charge < -0.3 is 11.1 Å². The largest absolute Gasteiger partial charge is 0.389 e. The number of anilines is 2. The molecule has 1 aromatic carbocycles. The molecule has 0 aliphatic rings. The molecule has 0 aliphatic carbocycles. The fraction of sp³-hybridized carbons (Fsp3) is 0.231. The molecular formula is C13H16N4S2. The second-order valence-corrected chi connectivity index (χ2v) is 5.47. The van der Waals surface area contributed by atoms with Crippen LogP contribution in [0.25, 0.3) is 0 Å². The highest BCUT2D eigenvalue weighted by atomic mass is 32.2. The SMILES string of the molecule is CSc1ccc(Nc2c(C(N)=S)c(C)nn2C)cc1. The number of aromatic nitrogens is 2. The lowest BCUT2D eigenvalue weighted by molar-refractivity contribution is 0.765. The minimum absolute atomic E-state index is 0.355. The molecule has 19 heavy (non-hydrogen) atoms. The molecule has 3 N–H and O–H groups in total. The van der Waals surface area contributed by atoms with Gasteiger partial charge in [0.1, 0.15) is 10.8 Å². The number of nitrogens with zero attached hydrogens (tertiary/aromatic N) is 2. The fourth-order valence-corrected chi connectivity index (χ4v) is 2.56. The summed E-state index contributed by atoms with van der Waals surface area (Å²) in [5.41, 5.74) is 8.38. The number of aryl methyl sites for hydroxylation is 2. The van der Waals surface area contributed by atoms with E-state index in [9.17, 15) is 0 Å². The molecule has 1 aromatic heterocycles. The Labute approximate surface area is 122 Å². The first-order chi connectivity index (χ1) is 9.02. The summed E-state index contributed by atoms with van der Waals surface area (Å²) in [6.07, 6.45) is 2.05. The lowest BCUT2D eigenvalue weighted by Gasteiger charge is -2.09. The van der Waals surface area contributed by atoms with E-state index in [0.29, 0.717) is 4.99 Å². The average molecular weight is 292 g/mol. The Balaban J connectivity index is 2.34. The molecule has 0 spiro atoms. The Bertz CT molecular complexity index is 602. The van der Waals surface area contributed by atoms with E-state index in [0.717, 1.165) is 22.8 Å². The third-order valence-corrected chi connectivity index (χ3v) is 3.77. The van der Waals surface area contributed by atoms with Gasteiger partial charge >= 0.3 is 0 Å². The molecule has 0 fully saturated rings. The number of hydrogen-bond acceptors (Lipinski definition) is 4. The molecule has 0 saturated carbocycles. The van der Waals surface area contributed by atoms with Gasteiger partial charge in [-0.2, -0.15) is 5.10 Å². The summed E-state index contributed by atoms with van der Waals surface area (Å²) in [6, 6.07) is 8.18. The first kappa shape index (κ1) is 13.9. The molecule has 0 unspecified atom stereocenters. The molecule has 0 amide bonds. The van der Waals surface area contributed by atoms with Gasteiger partial charge in [0.25, 0.3) is 0 Å². The summed E-state index contributed by atoms with van der Waals surface area (Å²) in [6.45, 7) is 1.90. The highest BCUT2D eigenvalue weighted by Crippen LogP contribution is 2.24. The van der Waals surface area contributed by atoms with E-state index >= 15 is 0 Å². The van der Waals surface area contributed by atoms with E-state index in [1.807, 2.05) is 26.1 Å². The van der Waals surface area contributed by atoms with Crippen molar-refractivity contribution in [3.63, 3.8) is 0 Å². The van der Waals surface area contributed by atoms with Crippen LogP contribution in [0.3, 0.4) is 0 Å². The van der Waals surface area contributed by atoms with Crippen LogP contribution < -0.4 is 11.1 Å². The summed E-state index contributed by atoms with van der Waals surface area (Å²) >= 11 is 6.80. The number of benzene rings is 1. The van der Waals surface area contributed by atoms with Crippen molar-refractivity contribution in [1.82, 2.24) is 9.78 Å². The van der Waals surface area contributed by atoms with Crippen molar-refractivity contribution in [2.45, 2.75) is 11.8 Å². The van der Waals surface area contributed by atoms with Gasteiger partial charge in [0.05, 0.1) is 11.3 Å². The Morgan fingerprint density at radius 1 is 1.37 bits per heavy atom. The molecule has 6 heteroatoms. The van der Waals surface area contributed by atoms with Crippen LogP contribution in [-0.2, 0) is 7.05 Å². The van der Waals surface area contributed by atoms with Crippen LogP contribution in [0.15, 0.2) is 29.2 Å². The molecule has 100 valence electrons. The van der Waals surface area contributed by atoms with Crippen molar-refractivity contribution < 1.29 is 0 Å². The standard InChI is InChI=1S/C13H16N4S2/c1-8-11(12(14)18)13(17(2)16-8)15-9-4-6-10(19-3)7-5-9/h4-7,15H,1-3H3,(H2,14,18). The molecule has 1 heterocycles. The lowest BCUT2D eigenvalue weighted by atomic mass is 10.2. The van der Waals surface area contributed by atoms with Gasteiger partial charge in [0.15, 0.2) is 0 Å². The highest BCUT2D eigenvalue weighted by Gasteiger charge is 2.15. The van der Waals surface area contributed by atoms with E-state index < -0.39 is 0 Å². The fourth-order valence-electron chi connectivity index (χ4n) is 1.91. The first-order valence-corrected chi connectivity index (χ1v) is 7.40. The summed E-state index contributed by atoms with van der Waals surface area (Å²) in [4.78, 5) is 1.58. The highest BCUT2D eigenvalue weighted by molar-refractivity contribution is 7.98. The molecule has 2 rings (SSSR count). The lowest BCUT2D eigenvalue weighted by Crippen LogP contribution is -2.12. The van der Waals surface area contributed by atoms with Crippen LogP contribution in [0.1, 0.15) is 11.3 Å². The maximum Gasteiger partial charge on any atom is 0.138 e. The number of nitrogens with one attached hydrogen (secondary N) is 1. The second-order valence-electron chi connectivity index (χ2n) is 4.15. The third-order valence-electron chi connectivity index (χ3n) is 2.82. The van der Waals surface area contributed by atoms with Gasteiger partial charge in [-0.05, 0) is 37.4 Å². The van der Waals surface area contributed by atoms with Crippen LogP contribution in [0.2, 0.25) is 0 Å². The third kappa shape index (κ3) is 2.90. The van der Waals surface area contributed by atoms with Crippen LogP contribution >= 0.6 is 24.0 Å². The molecule has 0 radical (unpaired) electrons. The van der Waals surface area contributed by atoms with Crippen molar-refractivity contribution in [1.29, 1.82) is 0 Å². The van der Waals surface area contributed by atoms with Crippen LogP contribution in [0.4, 0.5) is 11.5 Å². The zero-order valence-electron chi connectivity index (χ0n) is 11.1. The number of thiocarbonyl (C=S) groups is 1. The van der Waals surface area contributed by atoms with Gasteiger partial charge in [-0.3, -0.25) is 4.68 Å². The van der Waals surface area contributed by atoms with Gasteiger partial charge in [-0.1, -0.05) is 12.2 Å². The van der Waals surface area contributed by atoms with Gasteiger partial charge in [0, 0.05) is 17.6 Å². The number of rotatable bonds is 4. The van der Waals surface area contributed by atoms with Crippen molar-refractivity contribution in [2.75, 3.05) is 11.6 Å². The summed E-state index contributed by atoms with van der Waals surface area (Å²) < 4.78 is 1.76. The van der Waals surface area contributed by atoms with Crippen molar-refractivity contribution in [3.8, 4) is 0 Å². The molecule has 0 saturated heterocycles. The smallest absolute Gasteiger partial charge is 0.138 e. The molecular weight excluding hydrogens is 276 g/mol. The Morgan fingerprint density at radius 3 is 2.53 bits per heavy atom. The average Bonchev–Trinajstić information content (AvgIpc) is 2.65. The normalized spacial score (nSPS) is 10.5. The monoisotopic (exact) mass is 292 g/mol. The van der Waals surface area contributed by atoms with Crippen LogP contribution in [0.5, 0.6) is 0 Å². The topological polar surface area (TPSA) is 55.9 Å². The molecule has 0 atom stereocenters. The summed E-state index contributed by atoms with van der Waals surface area (Å²) in [7, 11) is 1.87. The predicted molar refractivity (Wildman–Crippen MR) is 85.3 cm³/mol. The zero-order valence-corrected chi connectivity index (χ0v) is 12.7. The maximum absolute atomic E-state index is 5.76. The molecule has 2 aromatic rings.